The van der Waals surface area contributed by atoms with Crippen LogP contribution in [0.25, 0.3) is 0 Å². The molecule has 0 saturated heterocycles. The first-order valence-electron chi connectivity index (χ1n) is 4.15. The van der Waals surface area contributed by atoms with Crippen LogP contribution in [0.4, 0.5) is 0 Å². The van der Waals surface area contributed by atoms with Crippen LogP contribution >= 0.6 is 0 Å². The van der Waals surface area contributed by atoms with Gasteiger partial charge in [-0.2, -0.15) is 5.10 Å². The van der Waals surface area contributed by atoms with Gasteiger partial charge in [0.2, 0.25) is 0 Å². The van der Waals surface area contributed by atoms with Crippen molar-refractivity contribution in [1.29, 1.82) is 0 Å². The molecule has 0 aliphatic heterocycles. The minimum Gasteiger partial charge on any atom is -0.422 e. The number of rotatable bonds is 3. The van der Waals surface area contributed by atoms with Gasteiger partial charge in [0.15, 0.2) is 0 Å². The molecule has 0 radical (unpaired) electrons. The standard InChI is InChI=1S/C7H11BN2O2.2H2O/c11-8(12)7-3-4-9-10(7)5-6-1-2-6;;/h3-4,6,11-12H,1-2,5H2;2*1H2. The van der Waals surface area contributed by atoms with Gasteiger partial charge in [-0.15, -0.1) is 0 Å². The quantitative estimate of drug-likeness (QED) is 0.519. The van der Waals surface area contributed by atoms with Crippen molar-refractivity contribution in [1.82, 2.24) is 9.78 Å². The van der Waals surface area contributed by atoms with Crippen LogP contribution in [-0.2, 0) is 6.54 Å². The third-order valence-electron chi connectivity index (χ3n) is 2.14. The van der Waals surface area contributed by atoms with Crippen LogP contribution in [-0.4, -0.2) is 37.9 Å². The largest absolute Gasteiger partial charge is 0.507 e. The summed E-state index contributed by atoms with van der Waals surface area (Å²) in [5.41, 5.74) is 0.488. The highest BCUT2D eigenvalue weighted by molar-refractivity contribution is 6.57. The Balaban J connectivity index is 0.000000845. The molecule has 0 unspecified atom stereocenters. The van der Waals surface area contributed by atoms with Crippen LogP contribution in [0.3, 0.4) is 0 Å². The van der Waals surface area contributed by atoms with Gasteiger partial charge in [0.1, 0.15) is 0 Å². The molecule has 1 heterocycles. The predicted octanol–water partition coefficient (Wildman–Crippen LogP) is -2.68. The van der Waals surface area contributed by atoms with E-state index in [-0.39, 0.29) is 11.0 Å². The molecule has 1 aliphatic rings. The molecule has 80 valence electrons. The van der Waals surface area contributed by atoms with Gasteiger partial charge in [-0.05, 0) is 24.8 Å². The van der Waals surface area contributed by atoms with Crippen molar-refractivity contribution in [2.45, 2.75) is 19.4 Å². The van der Waals surface area contributed by atoms with Crippen LogP contribution in [0.2, 0.25) is 0 Å². The van der Waals surface area contributed by atoms with Crippen molar-refractivity contribution < 1.29 is 21.0 Å². The van der Waals surface area contributed by atoms with Gasteiger partial charge < -0.3 is 21.0 Å². The van der Waals surface area contributed by atoms with Crippen molar-refractivity contribution >= 4 is 12.7 Å². The zero-order chi connectivity index (χ0) is 8.55. The lowest BCUT2D eigenvalue weighted by Crippen LogP contribution is -2.37. The molecule has 0 spiro atoms. The summed E-state index contributed by atoms with van der Waals surface area (Å²) >= 11 is 0. The Kier molecular flexibility index (Phi) is 4.79. The molecule has 2 rings (SSSR count). The van der Waals surface area contributed by atoms with Gasteiger partial charge in [-0.1, -0.05) is 0 Å². The lowest BCUT2D eigenvalue weighted by molar-refractivity contribution is 0.418. The number of hydrogen-bond donors (Lipinski definition) is 2. The van der Waals surface area contributed by atoms with E-state index in [1.165, 1.54) is 12.8 Å². The van der Waals surface area contributed by atoms with E-state index in [0.717, 1.165) is 6.54 Å². The molecular weight excluding hydrogens is 187 g/mol. The van der Waals surface area contributed by atoms with Crippen molar-refractivity contribution in [3.63, 3.8) is 0 Å². The van der Waals surface area contributed by atoms with E-state index in [2.05, 4.69) is 5.10 Å². The average Bonchev–Trinajstić information content (AvgIpc) is 2.66. The van der Waals surface area contributed by atoms with E-state index in [4.69, 9.17) is 10.0 Å². The Morgan fingerprint density at radius 3 is 2.57 bits per heavy atom. The first kappa shape index (κ1) is 13.1. The maximum atomic E-state index is 8.92. The normalized spacial score (nSPS) is 14.1. The predicted molar refractivity (Wildman–Crippen MR) is 52.0 cm³/mol. The average molecular weight is 202 g/mol. The highest BCUT2D eigenvalue weighted by Crippen LogP contribution is 2.29. The Hall–Kier alpha value is -0.885. The molecule has 1 aromatic rings. The fourth-order valence-electron chi connectivity index (χ4n) is 1.26. The number of hydrogen-bond acceptors (Lipinski definition) is 3. The topological polar surface area (TPSA) is 121 Å². The molecule has 0 bridgehead atoms. The van der Waals surface area contributed by atoms with Crippen LogP contribution in [0.5, 0.6) is 0 Å². The van der Waals surface area contributed by atoms with Gasteiger partial charge in [-0.3, -0.25) is 4.68 Å². The molecule has 1 aliphatic carbocycles. The Bertz CT molecular complexity index is 274. The molecule has 0 aromatic carbocycles. The van der Waals surface area contributed by atoms with Gasteiger partial charge in [-0.25, -0.2) is 0 Å². The van der Waals surface area contributed by atoms with Gasteiger partial charge in [0.25, 0.3) is 0 Å². The van der Waals surface area contributed by atoms with E-state index in [9.17, 15) is 0 Å². The fourth-order valence-corrected chi connectivity index (χ4v) is 1.26. The van der Waals surface area contributed by atoms with Crippen molar-refractivity contribution in [3.8, 4) is 0 Å². The SMILES string of the molecule is O.O.OB(O)c1ccnn1CC1CC1. The van der Waals surface area contributed by atoms with Crippen molar-refractivity contribution in [2.24, 2.45) is 5.92 Å². The first-order chi connectivity index (χ1) is 5.77. The second-order valence-electron chi connectivity index (χ2n) is 3.26. The van der Waals surface area contributed by atoms with Crippen LogP contribution in [0, 0.1) is 5.92 Å². The molecular formula is C7H15BN2O4. The minimum atomic E-state index is -1.40. The lowest BCUT2D eigenvalue weighted by atomic mass is 9.86. The first-order valence-corrected chi connectivity index (χ1v) is 4.15. The molecule has 14 heavy (non-hydrogen) atoms. The van der Waals surface area contributed by atoms with Gasteiger partial charge in [0.05, 0.1) is 5.59 Å². The van der Waals surface area contributed by atoms with Crippen molar-refractivity contribution in [3.05, 3.63) is 12.3 Å². The summed E-state index contributed by atoms with van der Waals surface area (Å²) < 4.78 is 1.67. The van der Waals surface area contributed by atoms with Gasteiger partial charge >= 0.3 is 7.12 Å². The smallest absolute Gasteiger partial charge is 0.422 e. The molecule has 1 saturated carbocycles. The van der Waals surface area contributed by atoms with E-state index in [1.807, 2.05) is 0 Å². The molecule has 6 nitrogen and oxygen atoms in total. The summed E-state index contributed by atoms with van der Waals surface area (Å²) in [4.78, 5) is 0. The van der Waals surface area contributed by atoms with E-state index in [0.29, 0.717) is 11.5 Å². The zero-order valence-electron chi connectivity index (χ0n) is 7.72. The highest BCUT2D eigenvalue weighted by atomic mass is 16.4. The Morgan fingerprint density at radius 1 is 1.43 bits per heavy atom. The third kappa shape index (κ3) is 2.81. The maximum Gasteiger partial charge on any atom is 0.507 e. The number of aromatic nitrogens is 2. The summed E-state index contributed by atoms with van der Waals surface area (Å²) in [5.74, 6) is 0.697. The summed E-state index contributed by atoms with van der Waals surface area (Å²) in [7, 11) is -1.40. The van der Waals surface area contributed by atoms with Crippen molar-refractivity contribution in [2.75, 3.05) is 0 Å². The van der Waals surface area contributed by atoms with Crippen LogP contribution < -0.4 is 5.59 Å². The highest BCUT2D eigenvalue weighted by Gasteiger charge is 2.25. The van der Waals surface area contributed by atoms with E-state index < -0.39 is 7.12 Å². The minimum absolute atomic E-state index is 0. The molecule has 1 fully saturated rings. The monoisotopic (exact) mass is 202 g/mol. The molecule has 1 aromatic heterocycles. The van der Waals surface area contributed by atoms with Crippen LogP contribution in [0.1, 0.15) is 12.8 Å². The van der Waals surface area contributed by atoms with E-state index >= 15 is 0 Å². The zero-order valence-corrected chi connectivity index (χ0v) is 7.72. The maximum absolute atomic E-state index is 8.92. The number of nitrogens with zero attached hydrogens (tertiary/aromatic N) is 2. The molecule has 0 atom stereocenters. The molecule has 0 amide bonds. The van der Waals surface area contributed by atoms with Gasteiger partial charge in [0, 0.05) is 12.7 Å². The third-order valence-corrected chi connectivity index (χ3v) is 2.14. The Labute approximate surface area is 81.9 Å². The summed E-state index contributed by atoms with van der Waals surface area (Å²) in [6, 6.07) is 1.63. The van der Waals surface area contributed by atoms with Crippen LogP contribution in [0.15, 0.2) is 12.3 Å². The molecule has 6 N–H and O–H groups in total. The molecule has 7 heteroatoms. The summed E-state index contributed by atoms with van der Waals surface area (Å²) in [6.45, 7) is 0.819. The second kappa shape index (κ2) is 5.11. The lowest BCUT2D eigenvalue weighted by Gasteiger charge is -2.04. The fraction of sp³-hybridized carbons (Fsp3) is 0.571. The second-order valence-corrected chi connectivity index (χ2v) is 3.26. The Morgan fingerprint density at radius 2 is 2.07 bits per heavy atom. The van der Waals surface area contributed by atoms with E-state index in [1.54, 1.807) is 16.9 Å². The summed E-state index contributed by atoms with van der Waals surface area (Å²) in [5, 5.41) is 21.9. The summed E-state index contributed by atoms with van der Waals surface area (Å²) in [6.07, 6.45) is 4.07.